The van der Waals surface area contributed by atoms with Gasteiger partial charge in [0.2, 0.25) is 0 Å². The van der Waals surface area contributed by atoms with Crippen LogP contribution in [0.15, 0.2) is 12.3 Å². The molecular formula is C13H18N4O. The normalized spacial score (nSPS) is 22.6. The topological polar surface area (TPSA) is 75.2 Å². The van der Waals surface area contributed by atoms with Crippen molar-refractivity contribution in [3.05, 3.63) is 17.8 Å². The molecule has 2 rings (SSSR count). The van der Waals surface area contributed by atoms with Crippen molar-refractivity contribution in [3.63, 3.8) is 0 Å². The molecular weight excluding hydrogens is 228 g/mol. The van der Waals surface area contributed by atoms with Gasteiger partial charge in [-0.3, -0.25) is 0 Å². The highest BCUT2D eigenvalue weighted by atomic mass is 16.5. The van der Waals surface area contributed by atoms with Gasteiger partial charge in [-0.2, -0.15) is 5.26 Å². The van der Waals surface area contributed by atoms with Crippen molar-refractivity contribution < 1.29 is 4.74 Å². The lowest BCUT2D eigenvalue weighted by Crippen LogP contribution is -2.52. The first-order valence-corrected chi connectivity index (χ1v) is 6.00. The first-order chi connectivity index (χ1) is 8.43. The van der Waals surface area contributed by atoms with E-state index in [9.17, 15) is 0 Å². The molecule has 2 N–H and O–H groups in total. The predicted octanol–water partition coefficient (Wildman–Crippen LogP) is 1.54. The second-order valence-electron chi connectivity index (χ2n) is 5.28. The quantitative estimate of drug-likeness (QED) is 0.813. The van der Waals surface area contributed by atoms with Crippen LogP contribution in [0, 0.1) is 11.3 Å². The fourth-order valence-electron chi connectivity index (χ4n) is 2.43. The van der Waals surface area contributed by atoms with Crippen LogP contribution in [0.25, 0.3) is 0 Å². The zero-order valence-electron chi connectivity index (χ0n) is 11.0. The van der Waals surface area contributed by atoms with E-state index in [1.165, 1.54) is 0 Å². The maximum Gasteiger partial charge on any atom is 0.153 e. The number of nitriles is 1. The third-order valence-corrected chi connectivity index (χ3v) is 2.96. The molecule has 0 saturated carbocycles. The van der Waals surface area contributed by atoms with E-state index in [4.69, 9.17) is 15.7 Å². The maximum atomic E-state index is 8.99. The van der Waals surface area contributed by atoms with Crippen molar-refractivity contribution in [1.82, 2.24) is 4.98 Å². The van der Waals surface area contributed by atoms with Gasteiger partial charge in [-0.25, -0.2) is 4.98 Å². The van der Waals surface area contributed by atoms with Crippen molar-refractivity contribution in [2.75, 3.05) is 23.7 Å². The first-order valence-electron chi connectivity index (χ1n) is 6.00. The Morgan fingerprint density at radius 2 is 2.33 bits per heavy atom. The monoisotopic (exact) mass is 246 g/mol. The van der Waals surface area contributed by atoms with E-state index >= 15 is 0 Å². The van der Waals surface area contributed by atoms with Crippen molar-refractivity contribution >= 4 is 11.5 Å². The minimum atomic E-state index is -0.242. The molecule has 18 heavy (non-hydrogen) atoms. The average molecular weight is 246 g/mol. The number of aromatic nitrogens is 1. The molecule has 5 nitrogen and oxygen atoms in total. The second-order valence-corrected chi connectivity index (χ2v) is 5.28. The second kappa shape index (κ2) is 4.46. The molecule has 1 aliphatic heterocycles. The molecule has 2 heterocycles. The van der Waals surface area contributed by atoms with E-state index in [1.807, 2.05) is 20.8 Å². The molecule has 1 aliphatic rings. The summed E-state index contributed by atoms with van der Waals surface area (Å²) in [6, 6.07) is 3.72. The molecule has 0 spiro atoms. The standard InChI is InChI=1S/C13H18N4O/c1-9-7-17(8-13(2,3)18-9)12-11(15)10(6-14)4-5-16-12/h4-5,9H,7-8,15H2,1-3H3. The lowest BCUT2D eigenvalue weighted by molar-refractivity contribution is -0.0751. The summed E-state index contributed by atoms with van der Waals surface area (Å²) in [5, 5.41) is 8.99. The maximum absolute atomic E-state index is 8.99. The van der Waals surface area contributed by atoms with Gasteiger partial charge in [0.15, 0.2) is 5.82 Å². The van der Waals surface area contributed by atoms with E-state index in [1.54, 1.807) is 12.3 Å². The van der Waals surface area contributed by atoms with Crippen LogP contribution >= 0.6 is 0 Å². The smallest absolute Gasteiger partial charge is 0.153 e. The number of morpholine rings is 1. The van der Waals surface area contributed by atoms with Crippen molar-refractivity contribution in [1.29, 1.82) is 5.26 Å². The van der Waals surface area contributed by atoms with Crippen LogP contribution in [0.4, 0.5) is 11.5 Å². The van der Waals surface area contributed by atoms with E-state index in [-0.39, 0.29) is 11.7 Å². The number of ether oxygens (including phenoxy) is 1. The van der Waals surface area contributed by atoms with Crippen LogP contribution in [-0.2, 0) is 4.74 Å². The van der Waals surface area contributed by atoms with Crippen molar-refractivity contribution in [2.24, 2.45) is 0 Å². The van der Waals surface area contributed by atoms with Gasteiger partial charge in [0.25, 0.3) is 0 Å². The van der Waals surface area contributed by atoms with Gasteiger partial charge in [-0.15, -0.1) is 0 Å². The zero-order valence-corrected chi connectivity index (χ0v) is 11.0. The molecule has 1 atom stereocenters. The number of pyridine rings is 1. The van der Waals surface area contributed by atoms with Gasteiger partial charge in [0.1, 0.15) is 6.07 Å². The Hall–Kier alpha value is -1.80. The number of hydrogen-bond donors (Lipinski definition) is 1. The van der Waals surface area contributed by atoms with Crippen LogP contribution < -0.4 is 10.6 Å². The molecule has 1 aromatic heterocycles. The van der Waals surface area contributed by atoms with Crippen molar-refractivity contribution in [3.8, 4) is 6.07 Å². The average Bonchev–Trinajstić information content (AvgIpc) is 2.26. The van der Waals surface area contributed by atoms with Crippen LogP contribution in [0.5, 0.6) is 0 Å². The Morgan fingerprint density at radius 1 is 1.61 bits per heavy atom. The Bertz CT molecular complexity index is 492. The molecule has 1 aromatic rings. The van der Waals surface area contributed by atoms with Crippen LogP contribution in [0.3, 0.4) is 0 Å². The molecule has 0 amide bonds. The minimum absolute atomic E-state index is 0.112. The van der Waals surface area contributed by atoms with Gasteiger partial charge in [0.05, 0.1) is 23.0 Å². The number of nitrogen functional groups attached to an aromatic ring is 1. The fourth-order valence-corrected chi connectivity index (χ4v) is 2.43. The third-order valence-electron chi connectivity index (χ3n) is 2.96. The van der Waals surface area contributed by atoms with Crippen molar-refractivity contribution in [2.45, 2.75) is 32.5 Å². The summed E-state index contributed by atoms with van der Waals surface area (Å²) in [5.74, 6) is 0.678. The van der Waals surface area contributed by atoms with Crippen LogP contribution in [-0.4, -0.2) is 29.8 Å². The SMILES string of the molecule is CC1CN(c2nccc(C#N)c2N)CC(C)(C)O1. The highest BCUT2D eigenvalue weighted by Gasteiger charge is 2.32. The summed E-state index contributed by atoms with van der Waals surface area (Å²) >= 11 is 0. The van der Waals surface area contributed by atoms with Gasteiger partial charge in [-0.05, 0) is 26.8 Å². The minimum Gasteiger partial charge on any atom is -0.395 e. The van der Waals surface area contributed by atoms with E-state index in [0.29, 0.717) is 23.6 Å². The summed E-state index contributed by atoms with van der Waals surface area (Å²) in [7, 11) is 0. The van der Waals surface area contributed by atoms with Gasteiger partial charge >= 0.3 is 0 Å². The van der Waals surface area contributed by atoms with Crippen LogP contribution in [0.1, 0.15) is 26.3 Å². The largest absolute Gasteiger partial charge is 0.395 e. The Labute approximate surface area is 107 Å². The van der Waals surface area contributed by atoms with Crippen LogP contribution in [0.2, 0.25) is 0 Å². The molecule has 5 heteroatoms. The lowest BCUT2D eigenvalue weighted by Gasteiger charge is -2.42. The predicted molar refractivity (Wildman–Crippen MR) is 70.2 cm³/mol. The highest BCUT2D eigenvalue weighted by Crippen LogP contribution is 2.29. The molecule has 0 aliphatic carbocycles. The first kappa shape index (κ1) is 12.7. The summed E-state index contributed by atoms with van der Waals surface area (Å²) < 4.78 is 5.85. The summed E-state index contributed by atoms with van der Waals surface area (Å²) in [6.07, 6.45) is 1.73. The number of nitrogens with zero attached hydrogens (tertiary/aromatic N) is 3. The molecule has 1 saturated heterocycles. The van der Waals surface area contributed by atoms with E-state index in [0.717, 1.165) is 6.54 Å². The van der Waals surface area contributed by atoms with Gasteiger partial charge < -0.3 is 15.4 Å². The highest BCUT2D eigenvalue weighted by molar-refractivity contribution is 5.70. The molecule has 0 bridgehead atoms. The van der Waals surface area contributed by atoms with Gasteiger partial charge in [-0.1, -0.05) is 0 Å². The zero-order chi connectivity index (χ0) is 13.3. The Kier molecular flexibility index (Phi) is 3.14. The Balaban J connectivity index is 2.35. The third kappa shape index (κ3) is 2.39. The number of nitrogens with two attached hydrogens (primary N) is 1. The lowest BCUT2D eigenvalue weighted by atomic mass is 10.1. The molecule has 1 unspecified atom stereocenters. The molecule has 96 valence electrons. The fraction of sp³-hybridized carbons (Fsp3) is 0.538. The summed E-state index contributed by atoms with van der Waals surface area (Å²) in [5.41, 5.74) is 6.67. The summed E-state index contributed by atoms with van der Waals surface area (Å²) in [6.45, 7) is 7.55. The summed E-state index contributed by atoms with van der Waals surface area (Å²) in [4.78, 5) is 6.39. The van der Waals surface area contributed by atoms with E-state index < -0.39 is 0 Å². The number of hydrogen-bond acceptors (Lipinski definition) is 5. The molecule has 0 aromatic carbocycles. The van der Waals surface area contributed by atoms with E-state index in [2.05, 4.69) is 16.0 Å². The number of anilines is 2. The molecule has 0 radical (unpaired) electrons. The Morgan fingerprint density at radius 3 is 2.94 bits per heavy atom. The molecule has 1 fully saturated rings. The number of rotatable bonds is 1. The van der Waals surface area contributed by atoms with Gasteiger partial charge in [0, 0.05) is 19.3 Å².